The molecular formula is C27H38O. The monoisotopic (exact) mass is 378 g/mol. The standard InChI is InChI=1S/C27H38O/c1-17(2)22-15-23(18(3)4)27(24(16-22)19(5)6)21-12-13-26(28)25(14-21)20-10-8-7-9-11-20/h12-20,28H,7-11H2,1-6H3. The van der Waals surface area contributed by atoms with Crippen LogP contribution in [0.4, 0.5) is 0 Å². The Kier molecular flexibility index (Phi) is 6.53. The minimum absolute atomic E-state index is 0.470. The summed E-state index contributed by atoms with van der Waals surface area (Å²) >= 11 is 0. The Morgan fingerprint density at radius 1 is 0.750 bits per heavy atom. The number of rotatable bonds is 5. The van der Waals surface area contributed by atoms with Gasteiger partial charge in [0.15, 0.2) is 0 Å². The normalized spacial score (nSPS) is 15.8. The van der Waals surface area contributed by atoms with Crippen molar-refractivity contribution in [2.75, 3.05) is 0 Å². The highest BCUT2D eigenvalue weighted by atomic mass is 16.3. The first-order valence-electron chi connectivity index (χ1n) is 11.3. The lowest BCUT2D eigenvalue weighted by molar-refractivity contribution is 0.414. The molecule has 1 saturated carbocycles. The maximum Gasteiger partial charge on any atom is 0.119 e. The smallest absolute Gasteiger partial charge is 0.119 e. The summed E-state index contributed by atoms with van der Waals surface area (Å²) in [6, 6.07) is 11.2. The van der Waals surface area contributed by atoms with Crippen LogP contribution in [0.2, 0.25) is 0 Å². The molecule has 1 nitrogen and oxygen atoms in total. The lowest BCUT2D eigenvalue weighted by atomic mass is 9.79. The molecule has 0 spiro atoms. The van der Waals surface area contributed by atoms with Gasteiger partial charge >= 0.3 is 0 Å². The molecule has 0 unspecified atom stereocenters. The van der Waals surface area contributed by atoms with Crippen LogP contribution in [0.1, 0.15) is 120 Å². The summed E-state index contributed by atoms with van der Waals surface area (Å²) in [5, 5.41) is 10.6. The van der Waals surface area contributed by atoms with E-state index in [4.69, 9.17) is 0 Å². The minimum Gasteiger partial charge on any atom is -0.508 e. The Bertz CT molecular complexity index is 778. The maximum atomic E-state index is 10.6. The fourth-order valence-electron chi connectivity index (χ4n) is 4.74. The van der Waals surface area contributed by atoms with Crippen molar-refractivity contribution in [1.29, 1.82) is 0 Å². The molecule has 0 radical (unpaired) electrons. The van der Waals surface area contributed by atoms with Gasteiger partial charge in [-0.2, -0.15) is 0 Å². The van der Waals surface area contributed by atoms with Crippen molar-refractivity contribution in [3.8, 4) is 16.9 Å². The van der Waals surface area contributed by atoms with Crippen LogP contribution in [0, 0.1) is 0 Å². The molecule has 0 atom stereocenters. The molecule has 0 amide bonds. The predicted octanol–water partition coefficient (Wildman–Crippen LogP) is 8.48. The zero-order valence-electron chi connectivity index (χ0n) is 18.7. The van der Waals surface area contributed by atoms with Crippen molar-refractivity contribution >= 4 is 0 Å². The second kappa shape index (κ2) is 8.72. The third kappa shape index (κ3) is 4.29. The SMILES string of the molecule is CC(C)c1cc(C(C)C)c(-c2ccc(O)c(C3CCCCC3)c2)c(C(C)C)c1. The molecule has 2 aromatic rings. The molecule has 0 saturated heterocycles. The first-order valence-corrected chi connectivity index (χ1v) is 11.3. The summed E-state index contributed by atoms with van der Waals surface area (Å²) in [6.45, 7) is 13.8. The van der Waals surface area contributed by atoms with Crippen molar-refractivity contribution in [3.63, 3.8) is 0 Å². The minimum atomic E-state index is 0.470. The van der Waals surface area contributed by atoms with E-state index in [2.05, 4.69) is 65.8 Å². The number of phenolic OH excluding ortho intramolecular Hbond substituents is 1. The Labute approximate surface area is 172 Å². The molecule has 0 aliphatic heterocycles. The van der Waals surface area contributed by atoms with E-state index in [0.29, 0.717) is 29.4 Å². The van der Waals surface area contributed by atoms with Crippen LogP contribution in [0.25, 0.3) is 11.1 Å². The van der Waals surface area contributed by atoms with Gasteiger partial charge in [0, 0.05) is 0 Å². The molecule has 0 bridgehead atoms. The summed E-state index contributed by atoms with van der Waals surface area (Å²) < 4.78 is 0. The predicted molar refractivity (Wildman–Crippen MR) is 122 cm³/mol. The second-order valence-corrected chi connectivity index (χ2v) is 9.65. The molecule has 0 heterocycles. The Hall–Kier alpha value is -1.76. The summed E-state index contributed by atoms with van der Waals surface area (Å²) in [7, 11) is 0. The van der Waals surface area contributed by atoms with Gasteiger partial charge in [-0.25, -0.2) is 0 Å². The van der Waals surface area contributed by atoms with E-state index in [1.807, 2.05) is 6.07 Å². The first kappa shape index (κ1) is 21.0. The fourth-order valence-corrected chi connectivity index (χ4v) is 4.74. The number of aromatic hydroxyl groups is 1. The molecular weight excluding hydrogens is 340 g/mol. The summed E-state index contributed by atoms with van der Waals surface area (Å²) in [6.07, 6.45) is 6.31. The van der Waals surface area contributed by atoms with Gasteiger partial charge in [-0.15, -0.1) is 0 Å². The van der Waals surface area contributed by atoms with Gasteiger partial charge in [-0.3, -0.25) is 0 Å². The molecule has 2 aromatic carbocycles. The summed E-state index contributed by atoms with van der Waals surface area (Å²) in [5.41, 5.74) is 8.15. The van der Waals surface area contributed by atoms with Crippen LogP contribution in [0.3, 0.4) is 0 Å². The van der Waals surface area contributed by atoms with Crippen LogP contribution < -0.4 is 0 Å². The van der Waals surface area contributed by atoms with Crippen LogP contribution in [0.15, 0.2) is 30.3 Å². The van der Waals surface area contributed by atoms with E-state index >= 15 is 0 Å². The highest BCUT2D eigenvalue weighted by molar-refractivity contribution is 5.74. The summed E-state index contributed by atoms with van der Waals surface area (Å²) in [4.78, 5) is 0. The van der Waals surface area contributed by atoms with Gasteiger partial charge in [0.2, 0.25) is 0 Å². The lowest BCUT2D eigenvalue weighted by Crippen LogP contribution is -2.06. The average molecular weight is 379 g/mol. The first-order chi connectivity index (χ1) is 13.3. The van der Waals surface area contributed by atoms with Gasteiger partial charge in [0.1, 0.15) is 5.75 Å². The number of benzene rings is 2. The van der Waals surface area contributed by atoms with Gasteiger partial charge in [-0.05, 0) is 82.0 Å². The molecule has 28 heavy (non-hydrogen) atoms. The average Bonchev–Trinajstić information content (AvgIpc) is 2.67. The highest BCUT2D eigenvalue weighted by Gasteiger charge is 2.22. The van der Waals surface area contributed by atoms with E-state index < -0.39 is 0 Å². The van der Waals surface area contributed by atoms with Crippen LogP contribution in [-0.2, 0) is 0 Å². The van der Waals surface area contributed by atoms with E-state index in [1.54, 1.807) is 0 Å². The highest BCUT2D eigenvalue weighted by Crippen LogP contribution is 2.43. The third-order valence-electron chi connectivity index (χ3n) is 6.49. The Balaban J connectivity index is 2.19. The zero-order valence-corrected chi connectivity index (χ0v) is 18.7. The molecule has 1 fully saturated rings. The Morgan fingerprint density at radius 3 is 1.82 bits per heavy atom. The maximum absolute atomic E-state index is 10.6. The van der Waals surface area contributed by atoms with Crippen molar-refractivity contribution in [2.24, 2.45) is 0 Å². The van der Waals surface area contributed by atoms with E-state index in [-0.39, 0.29) is 0 Å². The quantitative estimate of drug-likeness (QED) is 0.553. The van der Waals surface area contributed by atoms with Crippen molar-refractivity contribution in [2.45, 2.75) is 97.3 Å². The molecule has 1 aliphatic carbocycles. The number of hydrogen-bond acceptors (Lipinski definition) is 1. The fraction of sp³-hybridized carbons (Fsp3) is 0.556. The molecule has 3 rings (SSSR count). The van der Waals surface area contributed by atoms with Gasteiger partial charge < -0.3 is 5.11 Å². The molecule has 1 N–H and O–H groups in total. The largest absolute Gasteiger partial charge is 0.508 e. The van der Waals surface area contributed by atoms with Crippen LogP contribution in [0.5, 0.6) is 5.75 Å². The van der Waals surface area contributed by atoms with Crippen molar-refractivity contribution in [1.82, 2.24) is 0 Å². The third-order valence-corrected chi connectivity index (χ3v) is 6.49. The van der Waals surface area contributed by atoms with Gasteiger partial charge in [0.05, 0.1) is 0 Å². The van der Waals surface area contributed by atoms with Gasteiger partial charge in [-0.1, -0.05) is 79.0 Å². The summed E-state index contributed by atoms with van der Waals surface area (Å²) in [5.74, 6) is 2.46. The van der Waals surface area contributed by atoms with E-state index in [9.17, 15) is 5.11 Å². The Morgan fingerprint density at radius 2 is 1.32 bits per heavy atom. The molecule has 1 heteroatoms. The van der Waals surface area contributed by atoms with Gasteiger partial charge in [0.25, 0.3) is 0 Å². The number of hydrogen-bond donors (Lipinski definition) is 1. The molecule has 0 aromatic heterocycles. The lowest BCUT2D eigenvalue weighted by Gasteiger charge is -2.26. The topological polar surface area (TPSA) is 20.2 Å². The second-order valence-electron chi connectivity index (χ2n) is 9.65. The van der Waals surface area contributed by atoms with Crippen molar-refractivity contribution < 1.29 is 5.11 Å². The van der Waals surface area contributed by atoms with Crippen LogP contribution in [-0.4, -0.2) is 5.11 Å². The number of phenols is 1. The molecule has 152 valence electrons. The van der Waals surface area contributed by atoms with Crippen LogP contribution >= 0.6 is 0 Å². The molecule has 1 aliphatic rings. The van der Waals surface area contributed by atoms with E-state index in [0.717, 1.165) is 5.56 Å². The van der Waals surface area contributed by atoms with E-state index in [1.165, 1.54) is 59.9 Å². The van der Waals surface area contributed by atoms with Crippen molar-refractivity contribution in [3.05, 3.63) is 52.6 Å². The zero-order chi connectivity index (χ0) is 20.4.